The van der Waals surface area contributed by atoms with Crippen molar-refractivity contribution >= 4 is 44.3 Å². The van der Waals surface area contributed by atoms with Gasteiger partial charge in [-0.15, -0.1) is 0 Å². The minimum absolute atomic E-state index is 0.0762. The van der Waals surface area contributed by atoms with Gasteiger partial charge in [0.2, 0.25) is 5.54 Å². The number of nitrogens with zero attached hydrogens (tertiary/aromatic N) is 2. The SMILES string of the molecule is CN1C[C@@H](CO)N[C@@](c2ccc3nc(NC(=O)Nc4ccc(F)cc4)sc3c2)(C(F)(F)F)C1=O. The maximum Gasteiger partial charge on any atom is 0.419 e. The molecular weight excluding hydrogens is 478 g/mol. The number of rotatable bonds is 4. The topological polar surface area (TPSA) is 107 Å². The van der Waals surface area contributed by atoms with Crippen molar-refractivity contribution in [2.45, 2.75) is 17.8 Å². The third-order valence-corrected chi connectivity index (χ3v) is 6.31. The summed E-state index contributed by atoms with van der Waals surface area (Å²) in [6, 6.07) is 7.09. The molecule has 3 aromatic rings. The summed E-state index contributed by atoms with van der Waals surface area (Å²) in [7, 11) is 1.25. The predicted molar refractivity (Wildman–Crippen MR) is 118 cm³/mol. The van der Waals surface area contributed by atoms with Crippen LogP contribution in [0.3, 0.4) is 0 Å². The Balaban J connectivity index is 1.64. The van der Waals surface area contributed by atoms with Crippen LogP contribution in [0.4, 0.5) is 33.2 Å². The Morgan fingerprint density at radius 2 is 1.97 bits per heavy atom. The number of thiazole rings is 1. The van der Waals surface area contributed by atoms with E-state index in [-0.39, 0.29) is 17.2 Å². The number of amides is 3. The molecule has 1 aliphatic heterocycles. The first-order chi connectivity index (χ1) is 16.0. The second kappa shape index (κ2) is 8.81. The number of aliphatic hydroxyl groups is 1. The molecule has 0 saturated carbocycles. The second-order valence-electron chi connectivity index (χ2n) is 7.74. The zero-order valence-corrected chi connectivity index (χ0v) is 18.4. The van der Waals surface area contributed by atoms with Gasteiger partial charge in [0.15, 0.2) is 5.13 Å². The Bertz CT molecular complexity index is 1230. The lowest BCUT2D eigenvalue weighted by Crippen LogP contribution is -2.71. The van der Waals surface area contributed by atoms with E-state index in [1.807, 2.05) is 0 Å². The highest BCUT2D eigenvalue weighted by Gasteiger charge is 2.64. The number of carbonyl (C=O) groups excluding carboxylic acids is 2. The average Bonchev–Trinajstić information content (AvgIpc) is 3.17. The van der Waals surface area contributed by atoms with Gasteiger partial charge in [-0.3, -0.25) is 15.4 Å². The summed E-state index contributed by atoms with van der Waals surface area (Å²) >= 11 is 0.922. The number of hydrogen-bond acceptors (Lipinski definition) is 6. The fraction of sp³-hybridized carbons (Fsp3) is 0.286. The Morgan fingerprint density at radius 1 is 1.26 bits per heavy atom. The van der Waals surface area contributed by atoms with Crippen molar-refractivity contribution in [1.82, 2.24) is 15.2 Å². The molecule has 4 N–H and O–H groups in total. The van der Waals surface area contributed by atoms with Crippen LogP contribution < -0.4 is 16.0 Å². The maximum absolute atomic E-state index is 14.3. The Kier molecular flexibility index (Phi) is 6.18. The van der Waals surface area contributed by atoms with Gasteiger partial charge in [0, 0.05) is 25.3 Å². The normalized spacial score (nSPS) is 21.1. The molecule has 1 saturated heterocycles. The molecule has 1 fully saturated rings. The summed E-state index contributed by atoms with van der Waals surface area (Å²) in [5, 5.41) is 16.9. The number of aliphatic hydroxyl groups excluding tert-OH is 1. The summed E-state index contributed by atoms with van der Waals surface area (Å²) < 4.78 is 56.3. The van der Waals surface area contributed by atoms with Gasteiger partial charge in [-0.1, -0.05) is 17.4 Å². The lowest BCUT2D eigenvalue weighted by atomic mass is 9.84. The monoisotopic (exact) mass is 497 g/mol. The van der Waals surface area contributed by atoms with Gasteiger partial charge in [0.25, 0.3) is 5.91 Å². The number of halogens is 4. The van der Waals surface area contributed by atoms with Crippen LogP contribution in [0.25, 0.3) is 10.2 Å². The van der Waals surface area contributed by atoms with E-state index in [0.29, 0.717) is 15.9 Å². The molecule has 0 spiro atoms. The molecule has 1 aliphatic rings. The van der Waals surface area contributed by atoms with Crippen molar-refractivity contribution in [3.05, 3.63) is 53.8 Å². The van der Waals surface area contributed by atoms with Gasteiger partial charge < -0.3 is 15.3 Å². The first kappa shape index (κ1) is 23.9. The summed E-state index contributed by atoms with van der Waals surface area (Å²) in [6.07, 6.45) is -5.00. The van der Waals surface area contributed by atoms with Crippen LogP contribution in [0, 0.1) is 5.82 Å². The van der Waals surface area contributed by atoms with E-state index in [2.05, 4.69) is 20.9 Å². The highest BCUT2D eigenvalue weighted by Crippen LogP contribution is 2.43. The molecule has 180 valence electrons. The number of aromatic nitrogens is 1. The predicted octanol–water partition coefficient (Wildman–Crippen LogP) is 3.26. The molecule has 0 aliphatic carbocycles. The summed E-state index contributed by atoms with van der Waals surface area (Å²) in [4.78, 5) is 30.1. The zero-order chi connectivity index (χ0) is 24.7. The summed E-state index contributed by atoms with van der Waals surface area (Å²) in [5.41, 5.74) is -2.75. The lowest BCUT2D eigenvalue weighted by molar-refractivity contribution is -0.217. The number of carbonyl (C=O) groups is 2. The fourth-order valence-electron chi connectivity index (χ4n) is 3.79. The molecule has 2 atom stereocenters. The standard InChI is InChI=1S/C21H19F4N5O3S/c1-30-9-14(10-31)29-20(17(30)32,21(23,24)25)11-2-7-15-16(8-11)34-19(27-15)28-18(33)26-13-5-3-12(22)4-6-13/h2-8,14,29,31H,9-10H2,1H3,(H2,26,27,28,33)/t14-,20+/m0/s1. The van der Waals surface area contributed by atoms with E-state index in [1.54, 1.807) is 0 Å². The van der Waals surface area contributed by atoms with E-state index in [9.17, 15) is 32.3 Å². The molecule has 4 rings (SSSR count). The van der Waals surface area contributed by atoms with Crippen LogP contribution in [0.15, 0.2) is 42.5 Å². The third-order valence-electron chi connectivity index (χ3n) is 5.37. The van der Waals surface area contributed by atoms with Crippen LogP contribution >= 0.6 is 11.3 Å². The number of piperazine rings is 1. The number of nitrogens with one attached hydrogen (secondary N) is 3. The molecule has 2 aromatic carbocycles. The molecule has 3 amide bonds. The van der Waals surface area contributed by atoms with Gasteiger partial charge in [0.05, 0.1) is 16.8 Å². The molecule has 13 heteroatoms. The lowest BCUT2D eigenvalue weighted by Gasteiger charge is -2.45. The quantitative estimate of drug-likeness (QED) is 0.414. The minimum Gasteiger partial charge on any atom is -0.395 e. The number of anilines is 2. The van der Waals surface area contributed by atoms with Gasteiger partial charge in [-0.05, 0) is 42.0 Å². The second-order valence-corrected chi connectivity index (χ2v) is 8.78. The number of likely N-dealkylation sites (N-methyl/N-ethyl adjacent to an activating group) is 1. The van der Waals surface area contributed by atoms with Crippen molar-refractivity contribution in [2.24, 2.45) is 0 Å². The first-order valence-electron chi connectivity index (χ1n) is 9.99. The molecular formula is C21H19F4N5O3S. The van der Waals surface area contributed by atoms with E-state index in [0.717, 1.165) is 22.3 Å². The maximum atomic E-state index is 14.3. The Morgan fingerprint density at radius 3 is 2.62 bits per heavy atom. The Labute approximate surface area is 194 Å². The van der Waals surface area contributed by atoms with E-state index < -0.39 is 42.1 Å². The van der Waals surface area contributed by atoms with Crippen LogP contribution in [0.1, 0.15) is 5.56 Å². The molecule has 0 bridgehead atoms. The van der Waals surface area contributed by atoms with Crippen LogP contribution in [0.2, 0.25) is 0 Å². The number of hydrogen-bond donors (Lipinski definition) is 4. The van der Waals surface area contributed by atoms with Gasteiger partial charge in [0.1, 0.15) is 5.82 Å². The molecule has 8 nitrogen and oxygen atoms in total. The molecule has 0 unspecified atom stereocenters. The molecule has 0 radical (unpaired) electrons. The highest BCUT2D eigenvalue weighted by molar-refractivity contribution is 7.22. The summed E-state index contributed by atoms with van der Waals surface area (Å²) in [5.74, 6) is -1.66. The van der Waals surface area contributed by atoms with Crippen molar-refractivity contribution in [1.29, 1.82) is 0 Å². The fourth-order valence-corrected chi connectivity index (χ4v) is 4.69. The van der Waals surface area contributed by atoms with Crippen molar-refractivity contribution in [2.75, 3.05) is 30.8 Å². The largest absolute Gasteiger partial charge is 0.419 e. The van der Waals surface area contributed by atoms with Crippen molar-refractivity contribution in [3.63, 3.8) is 0 Å². The van der Waals surface area contributed by atoms with E-state index >= 15 is 0 Å². The van der Waals surface area contributed by atoms with Crippen LogP contribution in [0.5, 0.6) is 0 Å². The number of benzene rings is 2. The van der Waals surface area contributed by atoms with Crippen LogP contribution in [-0.2, 0) is 10.3 Å². The summed E-state index contributed by atoms with van der Waals surface area (Å²) in [6.45, 7) is -0.664. The first-order valence-corrected chi connectivity index (χ1v) is 10.8. The third kappa shape index (κ3) is 4.29. The molecule has 2 heterocycles. The number of alkyl halides is 3. The van der Waals surface area contributed by atoms with Crippen molar-refractivity contribution < 1.29 is 32.3 Å². The Hall–Kier alpha value is -3.29. The van der Waals surface area contributed by atoms with Gasteiger partial charge in [-0.25, -0.2) is 14.2 Å². The van der Waals surface area contributed by atoms with Crippen molar-refractivity contribution in [3.8, 4) is 0 Å². The smallest absolute Gasteiger partial charge is 0.395 e. The number of fused-ring (bicyclic) bond motifs is 1. The average molecular weight is 497 g/mol. The van der Waals surface area contributed by atoms with Gasteiger partial charge in [-0.2, -0.15) is 13.2 Å². The minimum atomic E-state index is -5.00. The zero-order valence-electron chi connectivity index (χ0n) is 17.6. The van der Waals surface area contributed by atoms with E-state index in [4.69, 9.17) is 0 Å². The van der Waals surface area contributed by atoms with Crippen LogP contribution in [-0.4, -0.2) is 59.3 Å². The molecule has 34 heavy (non-hydrogen) atoms. The number of urea groups is 1. The molecule has 1 aromatic heterocycles. The van der Waals surface area contributed by atoms with E-state index in [1.165, 1.54) is 43.4 Å². The van der Waals surface area contributed by atoms with Gasteiger partial charge >= 0.3 is 12.2 Å². The highest BCUT2D eigenvalue weighted by atomic mass is 32.1.